The van der Waals surface area contributed by atoms with Crippen LogP contribution in [0.5, 0.6) is 0 Å². The fourth-order valence-electron chi connectivity index (χ4n) is 0.657. The molecule has 58 valence electrons. The van der Waals surface area contributed by atoms with Crippen LogP contribution in [0.1, 0.15) is 20.3 Å². The number of nitrogens with one attached hydrogen (secondary N) is 1. The highest BCUT2D eigenvalue weighted by Gasteiger charge is 1.95. The molecule has 0 aromatic rings. The van der Waals surface area contributed by atoms with Crippen molar-refractivity contribution in [3.8, 4) is 0 Å². The first-order valence-electron chi connectivity index (χ1n) is 3.53. The molecule has 0 aromatic heterocycles. The molecule has 0 aromatic carbocycles. The van der Waals surface area contributed by atoms with E-state index in [1.807, 2.05) is 31.3 Å². The van der Waals surface area contributed by atoms with Gasteiger partial charge in [0.15, 0.2) is 0 Å². The number of hydrogen-bond donors (Lipinski definition) is 1. The fraction of sp³-hybridized carbons (Fsp3) is 0.500. The highest BCUT2D eigenvalue weighted by molar-refractivity contribution is 4.96. The first kappa shape index (κ1) is 9.24. The lowest BCUT2D eigenvalue weighted by molar-refractivity contribution is 0.365. The molecule has 0 aliphatic rings. The van der Waals surface area contributed by atoms with E-state index in [0.717, 1.165) is 12.1 Å². The first-order valence-corrected chi connectivity index (χ1v) is 3.53. The van der Waals surface area contributed by atoms with Gasteiger partial charge in [0, 0.05) is 18.9 Å². The van der Waals surface area contributed by atoms with Crippen LogP contribution in [0.2, 0.25) is 0 Å². The average Bonchev–Trinajstić information content (AvgIpc) is 1.99. The molecule has 10 heavy (non-hydrogen) atoms. The van der Waals surface area contributed by atoms with E-state index in [1.54, 1.807) is 0 Å². The zero-order valence-electron chi connectivity index (χ0n) is 7.02. The van der Waals surface area contributed by atoms with Gasteiger partial charge in [-0.1, -0.05) is 19.6 Å². The van der Waals surface area contributed by atoms with Gasteiger partial charge < -0.3 is 0 Å². The second kappa shape index (κ2) is 5.06. The van der Waals surface area contributed by atoms with E-state index in [4.69, 9.17) is 0 Å². The Morgan fingerprint density at radius 2 is 2.30 bits per heavy atom. The highest BCUT2D eigenvalue weighted by Crippen LogP contribution is 2.01. The van der Waals surface area contributed by atoms with E-state index in [1.165, 1.54) is 0 Å². The predicted octanol–water partition coefficient (Wildman–Crippen LogP) is 1.88. The lowest BCUT2D eigenvalue weighted by Gasteiger charge is -2.19. The van der Waals surface area contributed by atoms with Crippen molar-refractivity contribution < 1.29 is 0 Å². The van der Waals surface area contributed by atoms with Gasteiger partial charge in [-0.3, -0.25) is 5.01 Å². The molecule has 0 bridgehead atoms. The summed E-state index contributed by atoms with van der Waals surface area (Å²) in [5, 5.41) is 1.90. The summed E-state index contributed by atoms with van der Waals surface area (Å²) in [6, 6.07) is 0. The summed E-state index contributed by atoms with van der Waals surface area (Å²) in [4.78, 5) is 0. The minimum absolute atomic E-state index is 0.963. The van der Waals surface area contributed by atoms with Gasteiger partial charge in [0.1, 0.15) is 0 Å². The molecule has 0 fully saturated rings. The quantitative estimate of drug-likeness (QED) is 0.600. The normalized spacial score (nSPS) is 10.3. The molecule has 0 aliphatic heterocycles. The molecule has 2 heteroatoms. The topological polar surface area (TPSA) is 15.3 Å². The van der Waals surface area contributed by atoms with Crippen LogP contribution in [-0.2, 0) is 0 Å². The van der Waals surface area contributed by atoms with Gasteiger partial charge in [-0.2, -0.15) is 0 Å². The van der Waals surface area contributed by atoms with Crippen LogP contribution in [0.15, 0.2) is 24.6 Å². The van der Waals surface area contributed by atoms with Crippen molar-refractivity contribution in [2.75, 3.05) is 7.05 Å². The molecule has 0 atom stereocenters. The zero-order valence-corrected chi connectivity index (χ0v) is 7.02. The largest absolute Gasteiger partial charge is 0.290 e. The van der Waals surface area contributed by atoms with Gasteiger partial charge in [0.2, 0.25) is 0 Å². The van der Waals surface area contributed by atoms with Gasteiger partial charge >= 0.3 is 0 Å². The Morgan fingerprint density at radius 1 is 1.70 bits per heavy atom. The summed E-state index contributed by atoms with van der Waals surface area (Å²) in [6.45, 7) is 7.93. The van der Waals surface area contributed by atoms with Crippen molar-refractivity contribution in [3.63, 3.8) is 0 Å². The molecule has 0 rings (SSSR count). The van der Waals surface area contributed by atoms with Crippen LogP contribution < -0.4 is 5.43 Å². The first-order chi connectivity index (χ1) is 4.76. The monoisotopic (exact) mass is 140 g/mol. The lowest BCUT2D eigenvalue weighted by Crippen LogP contribution is -2.28. The Balaban J connectivity index is 3.93. The fourth-order valence-corrected chi connectivity index (χ4v) is 0.657. The summed E-state index contributed by atoms with van der Waals surface area (Å²) in [7, 11) is 1.88. The minimum Gasteiger partial charge on any atom is -0.290 e. The number of hydrogen-bond acceptors (Lipinski definition) is 2. The molecule has 0 aliphatic carbocycles. The molecule has 0 heterocycles. The molecule has 0 spiro atoms. The summed E-state index contributed by atoms with van der Waals surface area (Å²) < 4.78 is 0. The lowest BCUT2D eigenvalue weighted by atomic mass is 10.4. The number of allylic oxidation sites excluding steroid dienone is 2. The molecule has 0 amide bonds. The average molecular weight is 140 g/mol. The van der Waals surface area contributed by atoms with Crippen molar-refractivity contribution in [1.29, 1.82) is 0 Å². The van der Waals surface area contributed by atoms with Gasteiger partial charge in [-0.25, -0.2) is 5.43 Å². The summed E-state index contributed by atoms with van der Waals surface area (Å²) in [5.41, 5.74) is 4.07. The third-order valence-electron chi connectivity index (χ3n) is 1.29. The van der Waals surface area contributed by atoms with Crippen LogP contribution in [0.3, 0.4) is 0 Å². The molecule has 0 radical (unpaired) electrons. The van der Waals surface area contributed by atoms with Crippen LogP contribution in [0, 0.1) is 0 Å². The van der Waals surface area contributed by atoms with Crippen LogP contribution >= 0.6 is 0 Å². The van der Waals surface area contributed by atoms with E-state index in [0.29, 0.717) is 0 Å². The van der Waals surface area contributed by atoms with Crippen molar-refractivity contribution in [2.45, 2.75) is 20.3 Å². The van der Waals surface area contributed by atoms with E-state index in [2.05, 4.69) is 18.9 Å². The third-order valence-corrected chi connectivity index (χ3v) is 1.29. The second-order valence-corrected chi connectivity index (χ2v) is 2.00. The Bertz CT molecular complexity index is 127. The van der Waals surface area contributed by atoms with Crippen molar-refractivity contribution in [2.24, 2.45) is 0 Å². The molecular formula is C8H16N2. The van der Waals surface area contributed by atoms with Gasteiger partial charge in [0.25, 0.3) is 0 Å². The zero-order chi connectivity index (χ0) is 7.98. The summed E-state index contributed by atoms with van der Waals surface area (Å²) in [6.07, 6.45) is 4.88. The Labute approximate surface area is 63.2 Å². The number of nitrogens with zero attached hydrogens (tertiary/aromatic N) is 1. The molecule has 0 unspecified atom stereocenters. The second-order valence-electron chi connectivity index (χ2n) is 2.00. The van der Waals surface area contributed by atoms with E-state index in [-0.39, 0.29) is 0 Å². The maximum absolute atomic E-state index is 3.88. The number of rotatable bonds is 4. The van der Waals surface area contributed by atoms with Gasteiger partial charge in [-0.15, -0.1) is 0 Å². The molecular weight excluding hydrogens is 124 g/mol. The molecule has 0 saturated heterocycles. The Hall–Kier alpha value is -0.760. The highest BCUT2D eigenvalue weighted by atomic mass is 15.5. The number of hydrazine groups is 1. The van der Waals surface area contributed by atoms with Crippen molar-refractivity contribution >= 4 is 0 Å². The maximum Gasteiger partial charge on any atom is 0.0270 e. The van der Waals surface area contributed by atoms with E-state index < -0.39 is 0 Å². The van der Waals surface area contributed by atoms with Crippen LogP contribution in [0.25, 0.3) is 0 Å². The maximum atomic E-state index is 3.88. The molecule has 2 nitrogen and oxygen atoms in total. The summed E-state index contributed by atoms with van der Waals surface area (Å²) >= 11 is 0. The van der Waals surface area contributed by atoms with Crippen molar-refractivity contribution in [1.82, 2.24) is 10.4 Å². The minimum atomic E-state index is 0.963. The van der Waals surface area contributed by atoms with Gasteiger partial charge in [0.05, 0.1) is 0 Å². The smallest absolute Gasteiger partial charge is 0.0270 e. The van der Waals surface area contributed by atoms with Gasteiger partial charge in [-0.05, 0) is 13.3 Å². The van der Waals surface area contributed by atoms with Crippen LogP contribution in [0.4, 0.5) is 0 Å². The standard InChI is InChI=1S/C8H16N2/c1-5-7-10(9-4)8(3)6-2/h5,7,9H,3,6H2,1-2,4H3/b7-5-. The summed E-state index contributed by atoms with van der Waals surface area (Å²) in [5.74, 6) is 0. The third kappa shape index (κ3) is 2.69. The molecule has 0 saturated carbocycles. The Morgan fingerprint density at radius 3 is 2.60 bits per heavy atom. The van der Waals surface area contributed by atoms with Crippen LogP contribution in [-0.4, -0.2) is 12.1 Å². The Kier molecular flexibility index (Phi) is 4.67. The van der Waals surface area contributed by atoms with Crippen molar-refractivity contribution in [3.05, 3.63) is 24.6 Å². The van der Waals surface area contributed by atoms with E-state index >= 15 is 0 Å². The molecule has 1 N–H and O–H groups in total. The SMILES string of the molecule is C=C(CC)N(/C=C\C)NC. The van der Waals surface area contributed by atoms with E-state index in [9.17, 15) is 0 Å². The predicted molar refractivity (Wildman–Crippen MR) is 45.1 cm³/mol.